The average Bonchev–Trinajstić information content (AvgIpc) is 3.50. The Labute approximate surface area is 234 Å². The normalized spacial score (nSPS) is 18.9. The van der Waals surface area contributed by atoms with Gasteiger partial charge >= 0.3 is 0 Å². The van der Waals surface area contributed by atoms with Crippen molar-refractivity contribution >= 4 is 39.5 Å². The number of thiazole rings is 1. The summed E-state index contributed by atoms with van der Waals surface area (Å²) in [6.45, 7) is 5.80. The van der Waals surface area contributed by atoms with Crippen molar-refractivity contribution in [2.45, 2.75) is 33.1 Å². The number of phenolic OH excluding ortho intramolecular Hbond substituents is 2. The van der Waals surface area contributed by atoms with E-state index in [1.165, 1.54) is 45.3 Å². The van der Waals surface area contributed by atoms with Gasteiger partial charge in [0, 0.05) is 35.3 Å². The van der Waals surface area contributed by atoms with Crippen LogP contribution in [0.2, 0.25) is 0 Å². The van der Waals surface area contributed by atoms with E-state index in [1.807, 2.05) is 17.5 Å². The van der Waals surface area contributed by atoms with Gasteiger partial charge in [-0.25, -0.2) is 4.98 Å². The molecule has 206 valence electrons. The van der Waals surface area contributed by atoms with Crippen LogP contribution in [0.25, 0.3) is 11.3 Å². The van der Waals surface area contributed by atoms with Gasteiger partial charge in [-0.05, 0) is 45.9 Å². The molecule has 0 fully saturated rings. The minimum Gasteiger partial charge on any atom is -0.507 e. The maximum absolute atomic E-state index is 14.1. The van der Waals surface area contributed by atoms with Crippen molar-refractivity contribution in [3.05, 3.63) is 63.4 Å². The molecule has 0 saturated carbocycles. The fourth-order valence-electron chi connectivity index (χ4n) is 5.11. The van der Waals surface area contributed by atoms with Crippen molar-refractivity contribution < 1.29 is 34.1 Å². The lowest BCUT2D eigenvalue weighted by Gasteiger charge is -2.29. The van der Waals surface area contributed by atoms with E-state index >= 15 is 0 Å². The number of ether oxygens (including phenoxy) is 2. The standard InChI is InChI=1S/C29H27N3O7S/c1-12-24(35)22(14(3)33)26-23(25(12)36)29(4)20(39-26)10-18(34)21(27(29)37)13(2)31-16-9-15(7-8-19(16)38-6)17-11-40-28(30-5)32-17/h7-11,31,35-36H,1-6H3,(H,30,32)/b21-13+/t29-/m0/s1. The molecule has 0 radical (unpaired) electrons. The van der Waals surface area contributed by atoms with Crippen molar-refractivity contribution in [2.75, 3.05) is 24.8 Å². The van der Waals surface area contributed by atoms with Gasteiger partial charge in [-0.3, -0.25) is 14.4 Å². The zero-order chi connectivity index (χ0) is 29.1. The summed E-state index contributed by atoms with van der Waals surface area (Å²) in [5.74, 6) is -2.23. The largest absolute Gasteiger partial charge is 0.507 e. The first-order valence-electron chi connectivity index (χ1n) is 12.3. The van der Waals surface area contributed by atoms with E-state index in [0.29, 0.717) is 11.4 Å². The summed E-state index contributed by atoms with van der Waals surface area (Å²) in [5, 5.41) is 30.4. The van der Waals surface area contributed by atoms with E-state index in [2.05, 4.69) is 15.6 Å². The second-order valence-electron chi connectivity index (χ2n) is 9.71. The van der Waals surface area contributed by atoms with Crippen LogP contribution in [-0.4, -0.2) is 46.7 Å². The summed E-state index contributed by atoms with van der Waals surface area (Å²) in [4.78, 5) is 44.3. The second kappa shape index (κ2) is 9.53. The number of carbonyl (C=O) groups is 3. The summed E-state index contributed by atoms with van der Waals surface area (Å²) in [7, 11) is 3.30. The number of nitrogens with one attached hydrogen (secondary N) is 2. The predicted molar refractivity (Wildman–Crippen MR) is 151 cm³/mol. The predicted octanol–water partition coefficient (Wildman–Crippen LogP) is 4.85. The number of benzene rings is 2. The van der Waals surface area contributed by atoms with Crippen LogP contribution in [0.5, 0.6) is 23.0 Å². The number of ketones is 3. The third-order valence-corrected chi connectivity index (χ3v) is 8.16. The van der Waals surface area contributed by atoms with Gasteiger partial charge in [-0.2, -0.15) is 0 Å². The van der Waals surface area contributed by atoms with Crippen LogP contribution in [0.4, 0.5) is 10.8 Å². The molecule has 0 saturated heterocycles. The number of aromatic hydroxyl groups is 2. The SMILES string of the molecule is CNc1nc(-c2ccc(OC)c(N/C(C)=C3\C(=O)C=C4Oc5c(C(C)=O)c(O)c(C)c(O)c5[C@@]4(C)C3=O)c2)cs1. The van der Waals surface area contributed by atoms with Crippen LogP contribution < -0.4 is 20.1 Å². The highest BCUT2D eigenvalue weighted by Gasteiger charge is 2.56. The molecule has 1 aliphatic heterocycles. The van der Waals surface area contributed by atoms with E-state index < -0.39 is 28.5 Å². The molecule has 5 rings (SSSR count). The maximum atomic E-state index is 14.1. The number of hydrogen-bond donors (Lipinski definition) is 4. The maximum Gasteiger partial charge on any atom is 0.194 e. The molecular formula is C29H27N3O7S. The molecule has 2 aromatic carbocycles. The fourth-order valence-corrected chi connectivity index (χ4v) is 5.79. The number of hydrogen-bond acceptors (Lipinski definition) is 11. The number of anilines is 2. The van der Waals surface area contributed by atoms with Crippen LogP contribution in [0.3, 0.4) is 0 Å². The lowest BCUT2D eigenvalue weighted by Crippen LogP contribution is -2.40. The Morgan fingerprint density at radius 3 is 2.52 bits per heavy atom. The molecule has 0 amide bonds. The zero-order valence-electron chi connectivity index (χ0n) is 22.7. The summed E-state index contributed by atoms with van der Waals surface area (Å²) in [6, 6.07) is 5.42. The first-order chi connectivity index (χ1) is 18.9. The average molecular weight is 562 g/mol. The molecule has 10 nitrogen and oxygen atoms in total. The van der Waals surface area contributed by atoms with Crippen LogP contribution in [0, 0.1) is 6.92 Å². The van der Waals surface area contributed by atoms with Crippen LogP contribution in [0.15, 0.2) is 46.7 Å². The summed E-state index contributed by atoms with van der Waals surface area (Å²) in [6.07, 6.45) is 1.18. The van der Waals surface area contributed by atoms with Crippen molar-refractivity contribution in [1.29, 1.82) is 0 Å². The van der Waals surface area contributed by atoms with Crippen molar-refractivity contribution in [1.82, 2.24) is 4.98 Å². The Morgan fingerprint density at radius 2 is 1.90 bits per heavy atom. The molecule has 2 heterocycles. The van der Waals surface area contributed by atoms with Gasteiger partial charge in [0.25, 0.3) is 0 Å². The number of nitrogens with zero attached hydrogens (tertiary/aromatic N) is 1. The second-order valence-corrected chi connectivity index (χ2v) is 10.6. The number of rotatable bonds is 6. The van der Waals surface area contributed by atoms with E-state index in [1.54, 1.807) is 20.0 Å². The van der Waals surface area contributed by atoms with Gasteiger partial charge in [0.2, 0.25) is 0 Å². The van der Waals surface area contributed by atoms with Gasteiger partial charge in [-0.15, -0.1) is 11.3 Å². The molecule has 1 aromatic heterocycles. The van der Waals surface area contributed by atoms with E-state index in [-0.39, 0.29) is 45.2 Å². The topological polar surface area (TPSA) is 147 Å². The van der Waals surface area contributed by atoms with Gasteiger partial charge in [0.05, 0.1) is 29.6 Å². The summed E-state index contributed by atoms with van der Waals surface area (Å²) in [5.41, 5.74) is 0.458. The lowest BCUT2D eigenvalue weighted by atomic mass is 9.70. The van der Waals surface area contributed by atoms with E-state index in [4.69, 9.17) is 9.47 Å². The number of fused-ring (bicyclic) bond motifs is 3. The molecule has 1 atom stereocenters. The first-order valence-corrected chi connectivity index (χ1v) is 13.2. The van der Waals surface area contributed by atoms with Gasteiger partial charge < -0.3 is 30.3 Å². The van der Waals surface area contributed by atoms with Gasteiger partial charge in [-0.1, -0.05) is 0 Å². The van der Waals surface area contributed by atoms with Crippen LogP contribution in [-0.2, 0) is 15.0 Å². The van der Waals surface area contributed by atoms with Crippen molar-refractivity contribution in [3.8, 4) is 34.3 Å². The molecule has 0 unspecified atom stereocenters. The Hall–Kier alpha value is -4.64. The number of methoxy groups -OCH3 is 1. The van der Waals surface area contributed by atoms with Crippen molar-refractivity contribution in [3.63, 3.8) is 0 Å². The fraction of sp³-hybridized carbons (Fsp3) is 0.241. The highest BCUT2D eigenvalue weighted by Crippen LogP contribution is 2.57. The Balaban J connectivity index is 1.62. The van der Waals surface area contributed by atoms with Crippen LogP contribution >= 0.6 is 11.3 Å². The quantitative estimate of drug-likeness (QED) is 0.187. The molecule has 3 aromatic rings. The van der Waals surface area contributed by atoms with Crippen molar-refractivity contribution in [2.24, 2.45) is 0 Å². The molecule has 0 bridgehead atoms. The Morgan fingerprint density at radius 1 is 1.18 bits per heavy atom. The molecule has 4 N–H and O–H groups in total. The minimum absolute atomic E-state index is 0.0275. The number of carbonyl (C=O) groups excluding carboxylic acids is 3. The Bertz CT molecular complexity index is 1700. The van der Waals surface area contributed by atoms with Gasteiger partial charge in [0.1, 0.15) is 39.7 Å². The van der Waals surface area contributed by atoms with Gasteiger partial charge in [0.15, 0.2) is 22.5 Å². The molecule has 1 aliphatic carbocycles. The number of aromatic nitrogens is 1. The van der Waals surface area contributed by atoms with E-state index in [9.17, 15) is 24.6 Å². The molecular weight excluding hydrogens is 534 g/mol. The number of allylic oxidation sites excluding steroid dienone is 4. The number of Topliss-reactive ketones (excluding diaryl/α,β-unsaturated/α-hetero) is 2. The Kier molecular flexibility index (Phi) is 6.42. The lowest BCUT2D eigenvalue weighted by molar-refractivity contribution is -0.123. The molecule has 11 heteroatoms. The summed E-state index contributed by atoms with van der Waals surface area (Å²) >= 11 is 1.46. The summed E-state index contributed by atoms with van der Waals surface area (Å²) < 4.78 is 11.3. The first kappa shape index (κ1) is 26.9. The third-order valence-electron chi connectivity index (χ3n) is 7.30. The zero-order valence-corrected chi connectivity index (χ0v) is 23.5. The highest BCUT2D eigenvalue weighted by molar-refractivity contribution is 7.14. The minimum atomic E-state index is -1.61. The molecule has 40 heavy (non-hydrogen) atoms. The third kappa shape index (κ3) is 3.84. The number of phenols is 2. The van der Waals surface area contributed by atoms with Crippen LogP contribution in [0.1, 0.15) is 42.3 Å². The smallest absolute Gasteiger partial charge is 0.194 e. The highest BCUT2D eigenvalue weighted by atomic mass is 32.1. The molecule has 0 spiro atoms. The van der Waals surface area contributed by atoms with E-state index in [0.717, 1.165) is 16.4 Å². The molecule has 2 aliphatic rings. The monoisotopic (exact) mass is 561 g/mol.